The number of hydrogen-bond acceptors (Lipinski definition) is 7. The van der Waals surface area contributed by atoms with Crippen molar-refractivity contribution in [2.75, 3.05) is 20.3 Å². The highest BCUT2D eigenvalue weighted by Gasteiger charge is 2.59. The van der Waals surface area contributed by atoms with Gasteiger partial charge in [0.05, 0.1) is 38.3 Å². The van der Waals surface area contributed by atoms with E-state index in [0.717, 1.165) is 39.9 Å². The lowest BCUT2D eigenvalue weighted by atomic mass is 9.69. The topological polar surface area (TPSA) is 102 Å². The first-order valence-electron chi connectivity index (χ1n) is 17.5. The summed E-state index contributed by atoms with van der Waals surface area (Å²) in [4.78, 5) is 40.8. The molecule has 1 N–H and O–H groups in total. The number of aromatic hydroxyl groups is 1. The zero-order valence-electron chi connectivity index (χ0n) is 29.6. The van der Waals surface area contributed by atoms with Crippen LogP contribution in [0.4, 0.5) is 4.79 Å². The zero-order valence-corrected chi connectivity index (χ0v) is 30.6. The lowest BCUT2D eigenvalue weighted by molar-refractivity contribution is -0.137. The number of carbonyl (C=O) groups is 3. The number of allylic oxidation sites excluding steroid dienone is 1. The number of methoxy groups -OCH3 is 1. The molecule has 3 aliphatic rings. The molecule has 8 nitrogen and oxygen atoms in total. The molecule has 262 valence electrons. The summed E-state index contributed by atoms with van der Waals surface area (Å²) in [5.41, 5.74) is 4.16. The second-order valence-electron chi connectivity index (χ2n) is 14.5. The van der Waals surface area contributed by atoms with Crippen LogP contribution in [0.5, 0.6) is 5.75 Å². The van der Waals surface area contributed by atoms with Crippen molar-refractivity contribution in [3.8, 4) is 5.75 Å². The van der Waals surface area contributed by atoms with Crippen molar-refractivity contribution in [1.82, 2.24) is 4.90 Å². The van der Waals surface area contributed by atoms with Gasteiger partial charge in [-0.25, -0.2) is 4.79 Å². The number of fused-ring (bicyclic) bond motifs is 3. The average Bonchev–Trinajstić information content (AvgIpc) is 3.64. The molecule has 3 amide bonds. The summed E-state index contributed by atoms with van der Waals surface area (Å²) >= 11 is 0. The van der Waals surface area contributed by atoms with Gasteiger partial charge >= 0.3 is 6.09 Å². The maximum Gasteiger partial charge on any atom is 0.423 e. The molecule has 50 heavy (non-hydrogen) atoms. The van der Waals surface area contributed by atoms with Gasteiger partial charge in [-0.3, -0.25) is 9.59 Å². The number of carbonyl (C=O) groups excluding carboxylic acids is 3. The minimum atomic E-state index is -2.93. The lowest BCUT2D eigenvalue weighted by Gasteiger charge is -2.44. The third-order valence-corrected chi connectivity index (χ3v) is 15.7. The Morgan fingerprint density at radius 3 is 2.20 bits per heavy atom. The summed E-state index contributed by atoms with van der Waals surface area (Å²) in [6, 6.07) is 28.1. The fraction of sp³-hybridized carbons (Fsp3) is 0.390. The number of amides is 3. The molecule has 2 heterocycles. The highest BCUT2D eigenvalue weighted by atomic mass is 28.4. The number of imide groups is 3. The van der Waals surface area contributed by atoms with Crippen molar-refractivity contribution in [3.63, 3.8) is 0 Å². The Hall–Kier alpha value is -4.31. The van der Waals surface area contributed by atoms with Crippen LogP contribution < -0.4 is 10.4 Å². The fourth-order valence-electron chi connectivity index (χ4n) is 8.35. The Bertz CT molecular complexity index is 1760. The number of likely N-dealkylation sites (tertiary alicyclic amines) is 1. The molecule has 0 spiro atoms. The molecule has 0 radical (unpaired) electrons. The van der Waals surface area contributed by atoms with Gasteiger partial charge < -0.3 is 19.0 Å². The van der Waals surface area contributed by atoms with Gasteiger partial charge in [0.1, 0.15) is 5.75 Å². The zero-order chi connectivity index (χ0) is 35.6. The van der Waals surface area contributed by atoms with Crippen molar-refractivity contribution >= 4 is 42.7 Å². The van der Waals surface area contributed by atoms with E-state index in [1.54, 1.807) is 12.1 Å². The maximum atomic E-state index is 13.7. The van der Waals surface area contributed by atoms with Crippen LogP contribution in [-0.4, -0.2) is 62.7 Å². The molecule has 2 saturated heterocycles. The highest BCUT2D eigenvalue weighted by molar-refractivity contribution is 6.99. The number of nitrogens with zero attached hydrogens (tertiary/aromatic N) is 1. The quantitative estimate of drug-likeness (QED) is 0.145. The van der Waals surface area contributed by atoms with Gasteiger partial charge in [-0.05, 0) is 69.9 Å². The maximum absolute atomic E-state index is 13.7. The largest absolute Gasteiger partial charge is 0.508 e. The number of benzene rings is 3. The SMILES string of the molecule is CC/C(=C\c1cccc(O)c1)CC[C@H]1OC[C@H]2C1=C(CO[Si](c1ccccc1)(c1ccccc1)C(C)(C)C)C[C@H]1C(=O)N(C(=O)OC)C(=O)[C@H]12. The Labute approximate surface area is 295 Å². The number of phenolic OH excluding ortho intramolecular Hbond substituents is 1. The molecule has 2 aliphatic heterocycles. The summed E-state index contributed by atoms with van der Waals surface area (Å²) < 4.78 is 18.8. The standard InChI is InChI=1S/C41H47NO7Si/c1-6-27(22-28-14-13-15-30(43)23-28)20-21-35-36-29(24-33-37(34(36)26-48-35)39(45)42(38(33)44)40(46)47-5)25-49-50(41(2,3)4,31-16-9-7-10-17-31)32-18-11-8-12-19-32/h7-19,22-23,33-35,37,43H,6,20-21,24-26H2,1-5H3/b27-22+/t33-,34+,35-,37-/m1/s1. The Kier molecular flexibility index (Phi) is 10.3. The van der Waals surface area contributed by atoms with Gasteiger partial charge in [0.2, 0.25) is 11.8 Å². The fourth-order valence-corrected chi connectivity index (χ4v) is 12.9. The van der Waals surface area contributed by atoms with E-state index in [2.05, 4.69) is 82.3 Å². The number of hydrogen-bond donors (Lipinski definition) is 1. The van der Waals surface area contributed by atoms with Crippen LogP contribution in [0, 0.1) is 17.8 Å². The third kappa shape index (κ3) is 6.50. The third-order valence-electron chi connectivity index (χ3n) is 10.7. The Morgan fingerprint density at radius 2 is 1.62 bits per heavy atom. The van der Waals surface area contributed by atoms with Gasteiger partial charge in [0, 0.05) is 5.92 Å². The molecule has 0 bridgehead atoms. The first kappa shape index (κ1) is 35.5. The van der Waals surface area contributed by atoms with Crippen molar-refractivity contribution < 1.29 is 33.4 Å². The summed E-state index contributed by atoms with van der Waals surface area (Å²) in [5.74, 6) is -2.52. The Balaban J connectivity index is 1.39. The lowest BCUT2D eigenvalue weighted by Crippen LogP contribution is -2.66. The summed E-state index contributed by atoms with van der Waals surface area (Å²) in [6.45, 7) is 9.38. The monoisotopic (exact) mass is 693 g/mol. The molecule has 0 unspecified atom stereocenters. The van der Waals surface area contributed by atoms with Crippen molar-refractivity contribution in [1.29, 1.82) is 0 Å². The van der Waals surface area contributed by atoms with E-state index in [9.17, 15) is 19.5 Å². The number of ether oxygens (including phenoxy) is 2. The normalized spacial score (nSPS) is 22.5. The average molecular weight is 694 g/mol. The highest BCUT2D eigenvalue weighted by Crippen LogP contribution is 2.50. The van der Waals surface area contributed by atoms with E-state index in [0.29, 0.717) is 17.7 Å². The minimum absolute atomic E-state index is 0.223. The van der Waals surface area contributed by atoms with Crippen molar-refractivity contribution in [3.05, 3.63) is 107 Å². The van der Waals surface area contributed by atoms with E-state index in [1.807, 2.05) is 24.3 Å². The summed E-state index contributed by atoms with van der Waals surface area (Å²) in [5, 5.41) is 12.1. The van der Waals surface area contributed by atoms with Gasteiger partial charge in [-0.1, -0.05) is 112 Å². The number of phenols is 1. The molecule has 6 rings (SSSR count). The molecule has 9 heteroatoms. The summed E-state index contributed by atoms with van der Waals surface area (Å²) in [6.07, 6.45) is 3.48. The number of rotatable bonds is 10. The molecular formula is C41H47NO7Si. The molecule has 2 fully saturated rings. The van der Waals surface area contributed by atoms with Crippen LogP contribution in [0.1, 0.15) is 58.9 Å². The van der Waals surface area contributed by atoms with Gasteiger partial charge in [-0.15, -0.1) is 0 Å². The van der Waals surface area contributed by atoms with Crippen LogP contribution in [0.25, 0.3) is 6.08 Å². The Morgan fingerprint density at radius 1 is 0.960 bits per heavy atom. The van der Waals surface area contributed by atoms with Crippen LogP contribution in [-0.2, 0) is 23.5 Å². The van der Waals surface area contributed by atoms with Crippen LogP contribution in [0.15, 0.2) is 102 Å². The van der Waals surface area contributed by atoms with Gasteiger partial charge in [-0.2, -0.15) is 4.90 Å². The molecular weight excluding hydrogens is 647 g/mol. The second-order valence-corrected chi connectivity index (χ2v) is 18.9. The molecule has 1 aliphatic carbocycles. The van der Waals surface area contributed by atoms with E-state index in [1.165, 1.54) is 12.7 Å². The van der Waals surface area contributed by atoms with E-state index in [-0.39, 0.29) is 36.0 Å². The molecule has 3 aromatic carbocycles. The smallest absolute Gasteiger partial charge is 0.423 e. The summed E-state index contributed by atoms with van der Waals surface area (Å²) in [7, 11) is -1.75. The predicted octanol–water partition coefficient (Wildman–Crippen LogP) is 6.63. The first-order valence-corrected chi connectivity index (χ1v) is 19.4. The second kappa shape index (κ2) is 14.5. The van der Waals surface area contributed by atoms with Crippen LogP contribution in [0.3, 0.4) is 0 Å². The first-order chi connectivity index (χ1) is 24.0. The van der Waals surface area contributed by atoms with E-state index >= 15 is 0 Å². The molecule has 0 aromatic heterocycles. The molecule has 4 atom stereocenters. The van der Waals surface area contributed by atoms with Crippen LogP contribution >= 0.6 is 0 Å². The predicted molar refractivity (Wildman–Crippen MR) is 195 cm³/mol. The minimum Gasteiger partial charge on any atom is -0.508 e. The van der Waals surface area contributed by atoms with E-state index in [4.69, 9.17) is 13.9 Å². The van der Waals surface area contributed by atoms with Crippen molar-refractivity contribution in [2.45, 2.75) is 64.5 Å². The van der Waals surface area contributed by atoms with E-state index < -0.39 is 38.1 Å². The molecule has 0 saturated carbocycles. The van der Waals surface area contributed by atoms with Crippen LogP contribution in [0.2, 0.25) is 5.04 Å². The molecule has 3 aromatic rings. The van der Waals surface area contributed by atoms with Gasteiger partial charge in [0.25, 0.3) is 8.32 Å². The van der Waals surface area contributed by atoms with Gasteiger partial charge in [0.15, 0.2) is 0 Å². The van der Waals surface area contributed by atoms with Crippen molar-refractivity contribution in [2.24, 2.45) is 17.8 Å².